The zero-order valence-electron chi connectivity index (χ0n) is 16.5. The van der Waals surface area contributed by atoms with Gasteiger partial charge in [0.05, 0.1) is 16.6 Å². The molecule has 0 aromatic carbocycles. The number of carbonyl (C=O) groups is 3. The van der Waals surface area contributed by atoms with Gasteiger partial charge in [0.2, 0.25) is 0 Å². The lowest BCUT2D eigenvalue weighted by Crippen LogP contribution is -2.51. The number of fused-ring (bicyclic) bond motifs is 1. The van der Waals surface area contributed by atoms with E-state index in [1.807, 2.05) is 0 Å². The first-order valence-corrected chi connectivity index (χ1v) is 9.50. The van der Waals surface area contributed by atoms with Crippen molar-refractivity contribution in [1.82, 2.24) is 30.5 Å². The molecule has 9 nitrogen and oxygen atoms in total. The molecule has 0 atom stereocenters. The van der Waals surface area contributed by atoms with Gasteiger partial charge < -0.3 is 5.32 Å². The Morgan fingerprint density at radius 2 is 1.96 bits per heavy atom. The number of hydrogen-bond donors (Lipinski definition) is 2. The highest BCUT2D eigenvalue weighted by Gasteiger charge is 2.53. The lowest BCUT2D eigenvalue weighted by molar-refractivity contribution is -0.134. The maximum absolute atomic E-state index is 13.0. The van der Waals surface area contributed by atoms with Crippen LogP contribution in [0.25, 0.3) is 11.0 Å². The van der Waals surface area contributed by atoms with Gasteiger partial charge in [0.1, 0.15) is 5.54 Å². The van der Waals surface area contributed by atoms with E-state index in [0.29, 0.717) is 46.7 Å². The molecule has 0 bridgehead atoms. The van der Waals surface area contributed by atoms with E-state index in [9.17, 15) is 14.4 Å². The van der Waals surface area contributed by atoms with Gasteiger partial charge in [0, 0.05) is 12.7 Å². The highest BCUT2D eigenvalue weighted by molar-refractivity contribution is 6.12. The largest absolute Gasteiger partial charge is 0.344 e. The first-order chi connectivity index (χ1) is 13.2. The summed E-state index contributed by atoms with van der Waals surface area (Å²) in [5.41, 5.74) is 3.83. The van der Waals surface area contributed by atoms with Crippen LogP contribution in [0.15, 0.2) is 6.07 Å². The van der Waals surface area contributed by atoms with Crippen molar-refractivity contribution >= 4 is 28.9 Å². The van der Waals surface area contributed by atoms with Gasteiger partial charge in [-0.05, 0) is 51.5 Å². The molecule has 148 valence electrons. The average molecular weight is 384 g/mol. The van der Waals surface area contributed by atoms with Gasteiger partial charge in [-0.2, -0.15) is 10.1 Å². The second kappa shape index (κ2) is 6.29. The molecule has 1 saturated carbocycles. The minimum absolute atomic E-state index is 0.340. The molecular formula is C19H24N6O3. The number of aromatic nitrogens is 3. The van der Waals surface area contributed by atoms with E-state index in [1.54, 1.807) is 31.6 Å². The standard InChI is InChI=1S/C19H24N6O3/c1-10-5-7-19(8-6-10)17(27)25(18(28)21-19)23-16(26)13-9-11(2)20-15-14(13)12(3)22-24(15)4/h9-10H,5-8H2,1-4H3,(H,21,28)(H,23,26). The number of carbonyl (C=O) groups excluding carboxylic acids is 3. The van der Waals surface area contributed by atoms with Crippen LogP contribution in [-0.2, 0) is 11.8 Å². The van der Waals surface area contributed by atoms with Crippen molar-refractivity contribution in [3.05, 3.63) is 23.0 Å². The summed E-state index contributed by atoms with van der Waals surface area (Å²) in [4.78, 5) is 42.9. The van der Waals surface area contributed by atoms with Crippen LogP contribution < -0.4 is 10.7 Å². The maximum atomic E-state index is 13.0. The van der Waals surface area contributed by atoms with Crippen molar-refractivity contribution in [2.45, 2.75) is 52.0 Å². The molecule has 1 spiro atoms. The Hall–Kier alpha value is -2.97. The van der Waals surface area contributed by atoms with Crippen LogP contribution in [0.4, 0.5) is 4.79 Å². The number of hydrogen-bond acceptors (Lipinski definition) is 5. The minimum atomic E-state index is -0.898. The molecule has 28 heavy (non-hydrogen) atoms. The molecule has 0 unspecified atom stereocenters. The van der Waals surface area contributed by atoms with Gasteiger partial charge in [-0.15, -0.1) is 0 Å². The van der Waals surface area contributed by atoms with Crippen molar-refractivity contribution in [3.8, 4) is 0 Å². The summed E-state index contributed by atoms with van der Waals surface area (Å²) in [7, 11) is 1.76. The summed E-state index contributed by atoms with van der Waals surface area (Å²) in [6.45, 7) is 5.72. The van der Waals surface area contributed by atoms with E-state index in [-0.39, 0.29) is 5.91 Å². The van der Waals surface area contributed by atoms with Crippen molar-refractivity contribution in [2.24, 2.45) is 13.0 Å². The van der Waals surface area contributed by atoms with Crippen LogP contribution in [0.2, 0.25) is 0 Å². The number of imide groups is 1. The summed E-state index contributed by atoms with van der Waals surface area (Å²) in [6, 6.07) is 1.06. The molecule has 9 heteroatoms. The zero-order chi connectivity index (χ0) is 20.2. The number of nitrogens with one attached hydrogen (secondary N) is 2. The van der Waals surface area contributed by atoms with Crippen LogP contribution >= 0.6 is 0 Å². The van der Waals surface area contributed by atoms with Crippen molar-refractivity contribution in [1.29, 1.82) is 0 Å². The zero-order valence-corrected chi connectivity index (χ0v) is 16.5. The molecule has 1 saturated heterocycles. The smallest absolute Gasteiger partial charge is 0.322 e. The van der Waals surface area contributed by atoms with Crippen LogP contribution in [0.3, 0.4) is 0 Å². The Labute approximate surface area is 162 Å². The van der Waals surface area contributed by atoms with Gasteiger partial charge in [-0.1, -0.05) is 6.92 Å². The number of hydrazine groups is 1. The Kier molecular flexibility index (Phi) is 4.13. The van der Waals surface area contributed by atoms with E-state index in [4.69, 9.17) is 0 Å². The van der Waals surface area contributed by atoms with Crippen molar-refractivity contribution in [2.75, 3.05) is 0 Å². The molecule has 4 amide bonds. The number of urea groups is 1. The molecule has 0 radical (unpaired) electrons. The van der Waals surface area contributed by atoms with Crippen molar-refractivity contribution < 1.29 is 14.4 Å². The second-order valence-corrected chi connectivity index (χ2v) is 8.00. The average Bonchev–Trinajstić information content (AvgIpc) is 3.05. The Morgan fingerprint density at radius 1 is 1.29 bits per heavy atom. The fourth-order valence-electron chi connectivity index (χ4n) is 4.23. The number of nitrogens with zero attached hydrogens (tertiary/aromatic N) is 4. The Balaban J connectivity index is 1.63. The van der Waals surface area contributed by atoms with Crippen molar-refractivity contribution in [3.63, 3.8) is 0 Å². The van der Waals surface area contributed by atoms with Crippen LogP contribution in [0, 0.1) is 19.8 Å². The van der Waals surface area contributed by atoms with Crippen LogP contribution in [-0.4, -0.2) is 43.2 Å². The molecular weight excluding hydrogens is 360 g/mol. The number of pyridine rings is 1. The molecule has 1 aliphatic heterocycles. The van der Waals surface area contributed by atoms with Gasteiger partial charge in [-0.3, -0.25) is 19.7 Å². The lowest BCUT2D eigenvalue weighted by Gasteiger charge is -2.33. The minimum Gasteiger partial charge on any atom is -0.322 e. The first kappa shape index (κ1) is 18.4. The summed E-state index contributed by atoms with van der Waals surface area (Å²) in [6.07, 6.45) is 2.91. The quantitative estimate of drug-likeness (QED) is 0.767. The van der Waals surface area contributed by atoms with E-state index < -0.39 is 17.5 Å². The van der Waals surface area contributed by atoms with Gasteiger partial charge >= 0.3 is 6.03 Å². The third kappa shape index (κ3) is 2.73. The van der Waals surface area contributed by atoms with E-state index in [1.165, 1.54) is 0 Å². The molecule has 2 aromatic heterocycles. The third-order valence-electron chi connectivity index (χ3n) is 5.84. The molecule has 2 aliphatic rings. The highest BCUT2D eigenvalue weighted by atomic mass is 16.2. The van der Waals surface area contributed by atoms with Gasteiger partial charge in [-0.25, -0.2) is 9.78 Å². The molecule has 1 aliphatic carbocycles. The summed E-state index contributed by atoms with van der Waals surface area (Å²) in [5.74, 6) is -0.389. The first-order valence-electron chi connectivity index (χ1n) is 9.50. The number of aryl methyl sites for hydroxylation is 3. The van der Waals surface area contributed by atoms with Gasteiger partial charge in [0.15, 0.2) is 5.65 Å². The number of amides is 4. The normalized spacial score (nSPS) is 24.9. The SMILES string of the molecule is Cc1cc(C(=O)NN2C(=O)NC3(CCC(C)CC3)C2=O)c2c(C)nn(C)c2n1. The molecule has 4 rings (SSSR count). The summed E-state index contributed by atoms with van der Waals surface area (Å²) < 4.78 is 1.61. The lowest BCUT2D eigenvalue weighted by atomic mass is 9.77. The third-order valence-corrected chi connectivity index (χ3v) is 5.84. The van der Waals surface area contributed by atoms with E-state index in [2.05, 4.69) is 27.7 Å². The maximum Gasteiger partial charge on any atom is 0.344 e. The summed E-state index contributed by atoms with van der Waals surface area (Å²) >= 11 is 0. The topological polar surface area (TPSA) is 109 Å². The Morgan fingerprint density at radius 3 is 2.64 bits per heavy atom. The fraction of sp³-hybridized carbons (Fsp3) is 0.526. The predicted octanol–water partition coefficient (Wildman–Crippen LogP) is 1.73. The fourth-order valence-corrected chi connectivity index (χ4v) is 4.23. The molecule has 2 fully saturated rings. The predicted molar refractivity (Wildman–Crippen MR) is 101 cm³/mol. The summed E-state index contributed by atoms with van der Waals surface area (Å²) in [5, 5.41) is 8.57. The van der Waals surface area contributed by atoms with Crippen LogP contribution in [0.1, 0.15) is 54.4 Å². The van der Waals surface area contributed by atoms with E-state index in [0.717, 1.165) is 17.9 Å². The second-order valence-electron chi connectivity index (χ2n) is 8.00. The molecule has 3 heterocycles. The molecule has 2 N–H and O–H groups in total. The Bertz CT molecular complexity index is 1000. The van der Waals surface area contributed by atoms with Gasteiger partial charge in [0.25, 0.3) is 11.8 Å². The van der Waals surface area contributed by atoms with Crippen LogP contribution in [0.5, 0.6) is 0 Å². The van der Waals surface area contributed by atoms with E-state index >= 15 is 0 Å². The monoisotopic (exact) mass is 384 g/mol. The number of rotatable bonds is 2. The molecule has 2 aromatic rings. The highest BCUT2D eigenvalue weighted by Crippen LogP contribution is 2.36.